The van der Waals surface area contributed by atoms with Gasteiger partial charge >= 0.3 is 0 Å². The SMILES string of the molecule is Cc1cc(C#N)ccc1S(=O)(=O)NCc1cncs1. The van der Waals surface area contributed by atoms with E-state index in [2.05, 4.69) is 9.71 Å². The summed E-state index contributed by atoms with van der Waals surface area (Å²) in [7, 11) is -3.57. The third kappa shape index (κ3) is 3.17. The lowest BCUT2D eigenvalue weighted by atomic mass is 10.2. The summed E-state index contributed by atoms with van der Waals surface area (Å²) < 4.78 is 26.8. The van der Waals surface area contributed by atoms with Crippen molar-refractivity contribution in [1.29, 1.82) is 5.26 Å². The van der Waals surface area contributed by atoms with Crippen LogP contribution in [-0.4, -0.2) is 13.4 Å². The van der Waals surface area contributed by atoms with Gasteiger partial charge in [0.15, 0.2) is 0 Å². The number of rotatable bonds is 4. The Kier molecular flexibility index (Phi) is 3.95. The first-order valence-corrected chi connectivity index (χ1v) is 7.77. The standard InChI is InChI=1S/C12H11N3O2S2/c1-9-4-10(5-13)2-3-12(9)19(16,17)15-7-11-6-14-8-18-11/h2-4,6,8,15H,7H2,1H3. The summed E-state index contributed by atoms with van der Waals surface area (Å²) in [5, 5.41) is 8.76. The maximum atomic E-state index is 12.1. The molecule has 1 heterocycles. The maximum Gasteiger partial charge on any atom is 0.241 e. The van der Waals surface area contributed by atoms with Crippen molar-refractivity contribution in [3.05, 3.63) is 45.9 Å². The molecule has 0 amide bonds. The first kappa shape index (κ1) is 13.7. The van der Waals surface area contributed by atoms with Crippen molar-refractivity contribution >= 4 is 21.4 Å². The zero-order valence-corrected chi connectivity index (χ0v) is 11.8. The molecule has 0 aliphatic rings. The minimum absolute atomic E-state index is 0.191. The van der Waals surface area contributed by atoms with Crippen molar-refractivity contribution in [2.45, 2.75) is 18.4 Å². The van der Waals surface area contributed by atoms with Gasteiger partial charge in [-0.2, -0.15) is 5.26 Å². The second kappa shape index (κ2) is 5.48. The number of aryl methyl sites for hydroxylation is 1. The van der Waals surface area contributed by atoms with Crippen LogP contribution in [0.5, 0.6) is 0 Å². The van der Waals surface area contributed by atoms with Crippen LogP contribution in [0.3, 0.4) is 0 Å². The van der Waals surface area contributed by atoms with Crippen molar-refractivity contribution in [1.82, 2.24) is 9.71 Å². The number of hydrogen-bond donors (Lipinski definition) is 1. The van der Waals surface area contributed by atoms with Gasteiger partial charge in [0.05, 0.1) is 22.0 Å². The molecule has 5 nitrogen and oxygen atoms in total. The van der Waals surface area contributed by atoms with Gasteiger partial charge < -0.3 is 0 Å². The van der Waals surface area contributed by atoms with E-state index in [1.807, 2.05) is 6.07 Å². The molecule has 0 saturated carbocycles. The highest BCUT2D eigenvalue weighted by atomic mass is 32.2. The highest BCUT2D eigenvalue weighted by Gasteiger charge is 2.16. The maximum absolute atomic E-state index is 12.1. The molecule has 1 N–H and O–H groups in total. The topological polar surface area (TPSA) is 82.8 Å². The van der Waals surface area contributed by atoms with Crippen molar-refractivity contribution in [3.8, 4) is 6.07 Å². The molecule has 1 aromatic heterocycles. The zero-order chi connectivity index (χ0) is 13.9. The quantitative estimate of drug-likeness (QED) is 0.931. The monoisotopic (exact) mass is 293 g/mol. The number of sulfonamides is 1. The molecule has 19 heavy (non-hydrogen) atoms. The first-order chi connectivity index (χ1) is 9.03. The minimum Gasteiger partial charge on any atom is -0.253 e. The second-order valence-electron chi connectivity index (χ2n) is 3.88. The van der Waals surface area contributed by atoms with Crippen LogP contribution in [0.2, 0.25) is 0 Å². The molecule has 0 aliphatic heterocycles. The number of nitrogens with zero attached hydrogens (tertiary/aromatic N) is 2. The van der Waals surface area contributed by atoms with E-state index in [1.165, 1.54) is 23.5 Å². The zero-order valence-electron chi connectivity index (χ0n) is 10.1. The van der Waals surface area contributed by atoms with Gasteiger partial charge in [0.1, 0.15) is 0 Å². The van der Waals surface area contributed by atoms with Crippen molar-refractivity contribution in [2.75, 3.05) is 0 Å². The Hall–Kier alpha value is -1.75. The molecule has 7 heteroatoms. The Balaban J connectivity index is 2.22. The van der Waals surface area contributed by atoms with Crippen LogP contribution in [0.25, 0.3) is 0 Å². The Labute approximate surface area is 115 Å². The number of benzene rings is 1. The molecule has 1 aromatic carbocycles. The molecular formula is C12H11N3O2S2. The molecule has 98 valence electrons. The van der Waals surface area contributed by atoms with Crippen LogP contribution in [0.4, 0.5) is 0 Å². The van der Waals surface area contributed by atoms with Gasteiger partial charge in [0.25, 0.3) is 0 Å². The van der Waals surface area contributed by atoms with E-state index in [1.54, 1.807) is 24.7 Å². The molecule has 0 atom stereocenters. The van der Waals surface area contributed by atoms with Gasteiger partial charge in [-0.25, -0.2) is 13.1 Å². The van der Waals surface area contributed by atoms with Gasteiger partial charge in [-0.15, -0.1) is 11.3 Å². The summed E-state index contributed by atoms with van der Waals surface area (Å²) in [5.41, 5.74) is 2.64. The van der Waals surface area contributed by atoms with E-state index in [0.29, 0.717) is 11.1 Å². The van der Waals surface area contributed by atoms with E-state index in [0.717, 1.165) is 4.88 Å². The fraction of sp³-hybridized carbons (Fsp3) is 0.167. The average molecular weight is 293 g/mol. The van der Waals surface area contributed by atoms with Crippen molar-refractivity contribution in [2.24, 2.45) is 0 Å². The molecule has 2 rings (SSSR count). The number of thiazole rings is 1. The summed E-state index contributed by atoms with van der Waals surface area (Å²) in [4.78, 5) is 4.92. The summed E-state index contributed by atoms with van der Waals surface area (Å²) in [6, 6.07) is 6.48. The molecule has 0 aliphatic carbocycles. The summed E-state index contributed by atoms with van der Waals surface area (Å²) in [6.07, 6.45) is 1.62. The molecule has 0 unspecified atom stereocenters. The third-order valence-electron chi connectivity index (χ3n) is 2.51. The van der Waals surface area contributed by atoms with Crippen LogP contribution in [0.1, 0.15) is 16.0 Å². The second-order valence-corrected chi connectivity index (χ2v) is 6.59. The van der Waals surface area contributed by atoms with Gasteiger partial charge in [-0.05, 0) is 30.7 Å². The van der Waals surface area contributed by atoms with Gasteiger partial charge in [0.2, 0.25) is 10.0 Å². The lowest BCUT2D eigenvalue weighted by Crippen LogP contribution is -2.23. The number of hydrogen-bond acceptors (Lipinski definition) is 5. The lowest BCUT2D eigenvalue weighted by molar-refractivity contribution is 0.581. The number of aromatic nitrogens is 1. The predicted octanol–water partition coefficient (Wildman–Crippen LogP) is 1.80. The molecule has 0 fully saturated rings. The Morgan fingerprint density at radius 3 is 2.84 bits per heavy atom. The van der Waals surface area contributed by atoms with E-state index in [4.69, 9.17) is 5.26 Å². The molecule has 0 radical (unpaired) electrons. The Morgan fingerprint density at radius 2 is 2.26 bits per heavy atom. The van der Waals surface area contributed by atoms with E-state index < -0.39 is 10.0 Å². The van der Waals surface area contributed by atoms with Gasteiger partial charge in [0, 0.05) is 17.6 Å². The minimum atomic E-state index is -3.57. The van der Waals surface area contributed by atoms with E-state index in [9.17, 15) is 8.42 Å². The first-order valence-electron chi connectivity index (χ1n) is 5.41. The number of nitriles is 1. The normalized spacial score (nSPS) is 11.2. The predicted molar refractivity (Wildman–Crippen MR) is 72.0 cm³/mol. The van der Waals surface area contributed by atoms with Crippen LogP contribution >= 0.6 is 11.3 Å². The Morgan fingerprint density at radius 1 is 1.47 bits per heavy atom. The largest absolute Gasteiger partial charge is 0.253 e. The van der Waals surface area contributed by atoms with Crippen LogP contribution in [0, 0.1) is 18.3 Å². The molecule has 0 saturated heterocycles. The summed E-state index contributed by atoms with van der Waals surface area (Å²) in [6.45, 7) is 1.88. The molecule has 0 spiro atoms. The molecule has 0 bridgehead atoms. The average Bonchev–Trinajstić information content (AvgIpc) is 2.89. The van der Waals surface area contributed by atoms with Gasteiger partial charge in [-0.1, -0.05) is 0 Å². The molecule has 2 aromatic rings. The highest BCUT2D eigenvalue weighted by molar-refractivity contribution is 7.89. The smallest absolute Gasteiger partial charge is 0.241 e. The highest BCUT2D eigenvalue weighted by Crippen LogP contribution is 2.17. The van der Waals surface area contributed by atoms with E-state index in [-0.39, 0.29) is 11.4 Å². The summed E-state index contributed by atoms with van der Waals surface area (Å²) in [5.74, 6) is 0. The van der Waals surface area contributed by atoms with Crippen LogP contribution in [0.15, 0.2) is 34.8 Å². The van der Waals surface area contributed by atoms with Gasteiger partial charge in [-0.3, -0.25) is 4.98 Å². The van der Waals surface area contributed by atoms with Crippen LogP contribution in [-0.2, 0) is 16.6 Å². The van der Waals surface area contributed by atoms with Crippen molar-refractivity contribution < 1.29 is 8.42 Å². The van der Waals surface area contributed by atoms with E-state index >= 15 is 0 Å². The number of nitrogens with one attached hydrogen (secondary N) is 1. The fourth-order valence-electron chi connectivity index (χ4n) is 1.59. The molecular weight excluding hydrogens is 282 g/mol. The van der Waals surface area contributed by atoms with Crippen molar-refractivity contribution in [3.63, 3.8) is 0 Å². The van der Waals surface area contributed by atoms with Crippen LogP contribution < -0.4 is 4.72 Å². The Bertz CT molecular complexity index is 716. The lowest BCUT2D eigenvalue weighted by Gasteiger charge is -2.08. The summed E-state index contributed by atoms with van der Waals surface area (Å²) >= 11 is 1.39. The third-order valence-corrected chi connectivity index (χ3v) is 4.85. The fourth-order valence-corrected chi connectivity index (χ4v) is 3.45.